The van der Waals surface area contributed by atoms with Crippen LogP contribution < -0.4 is 10.6 Å². The molecule has 26 heavy (non-hydrogen) atoms. The zero-order chi connectivity index (χ0) is 17.9. The average molecular weight is 350 g/mol. The van der Waals surface area contributed by atoms with E-state index >= 15 is 0 Å². The minimum atomic E-state index is -0.220. The highest BCUT2D eigenvalue weighted by Crippen LogP contribution is 2.20. The lowest BCUT2D eigenvalue weighted by molar-refractivity contribution is 0.118. The topological polar surface area (TPSA) is 79.2 Å². The molecule has 0 radical (unpaired) electrons. The summed E-state index contributed by atoms with van der Waals surface area (Å²) >= 11 is 0. The molecule has 0 spiro atoms. The molecule has 1 saturated carbocycles. The number of aromatic nitrogens is 2. The molecule has 0 saturated heterocycles. The van der Waals surface area contributed by atoms with Crippen LogP contribution in [-0.4, -0.2) is 33.1 Å². The van der Waals surface area contributed by atoms with E-state index in [1.54, 1.807) is 0 Å². The van der Waals surface area contributed by atoms with E-state index in [4.69, 9.17) is 0 Å². The molecule has 0 atom stereocenters. The van der Waals surface area contributed by atoms with Crippen LogP contribution in [0.2, 0.25) is 0 Å². The quantitative estimate of drug-likeness (QED) is 0.677. The maximum Gasteiger partial charge on any atom is 0.319 e. The van der Waals surface area contributed by atoms with E-state index in [-0.39, 0.29) is 18.2 Å². The van der Waals surface area contributed by atoms with Gasteiger partial charge in [0.15, 0.2) is 0 Å². The molecule has 2 amide bonds. The Morgan fingerprint density at radius 3 is 2.54 bits per heavy atom. The van der Waals surface area contributed by atoms with Crippen molar-refractivity contribution in [2.45, 2.75) is 37.8 Å². The number of aliphatic hydroxyl groups is 1. The van der Waals surface area contributed by atoms with Gasteiger partial charge in [-0.25, -0.2) is 9.48 Å². The maximum absolute atomic E-state index is 12.1. The van der Waals surface area contributed by atoms with Crippen LogP contribution in [0.3, 0.4) is 0 Å². The van der Waals surface area contributed by atoms with Crippen molar-refractivity contribution in [3.8, 4) is 5.69 Å². The predicted octanol–water partition coefficient (Wildman–Crippen LogP) is 3.45. The third-order valence-corrected chi connectivity index (χ3v) is 4.88. The highest BCUT2D eigenvalue weighted by Gasteiger charge is 2.20. The Morgan fingerprint density at radius 1 is 1.04 bits per heavy atom. The normalized spacial score (nSPS) is 20.0. The largest absolute Gasteiger partial charge is 0.393 e. The molecule has 3 N–H and O–H groups in total. The van der Waals surface area contributed by atoms with Crippen LogP contribution in [-0.2, 0) is 0 Å². The zero-order valence-corrected chi connectivity index (χ0v) is 14.4. The van der Waals surface area contributed by atoms with E-state index in [9.17, 15) is 9.90 Å². The Morgan fingerprint density at radius 2 is 1.77 bits per heavy atom. The number of para-hydroxylation sites is 1. The van der Waals surface area contributed by atoms with Crippen LogP contribution in [0.1, 0.15) is 25.7 Å². The fraction of sp³-hybridized carbons (Fsp3) is 0.300. The second kappa shape index (κ2) is 7.17. The number of amides is 2. The molecule has 4 rings (SSSR count). The van der Waals surface area contributed by atoms with E-state index in [0.717, 1.165) is 48.0 Å². The van der Waals surface area contributed by atoms with E-state index in [1.165, 1.54) is 0 Å². The smallest absolute Gasteiger partial charge is 0.319 e. The van der Waals surface area contributed by atoms with Gasteiger partial charge in [0, 0.05) is 17.1 Å². The summed E-state index contributed by atoms with van der Waals surface area (Å²) < 4.78 is 1.88. The first kappa shape index (κ1) is 16.6. The number of rotatable bonds is 3. The number of nitrogens with one attached hydrogen (secondary N) is 2. The number of aliphatic hydroxyl groups excluding tert-OH is 1. The summed E-state index contributed by atoms with van der Waals surface area (Å²) in [6.45, 7) is 0. The average Bonchev–Trinajstić information content (AvgIpc) is 3.08. The summed E-state index contributed by atoms with van der Waals surface area (Å²) in [4.78, 5) is 12.1. The van der Waals surface area contributed by atoms with Gasteiger partial charge in [0.2, 0.25) is 0 Å². The molecular formula is C20H22N4O2. The van der Waals surface area contributed by atoms with Gasteiger partial charge in [-0.1, -0.05) is 18.2 Å². The van der Waals surface area contributed by atoms with Crippen molar-refractivity contribution < 1.29 is 9.90 Å². The van der Waals surface area contributed by atoms with Crippen LogP contribution in [0.15, 0.2) is 54.7 Å². The van der Waals surface area contributed by atoms with Gasteiger partial charge in [0.05, 0.1) is 23.5 Å². The van der Waals surface area contributed by atoms with Crippen molar-refractivity contribution in [3.05, 3.63) is 54.7 Å². The predicted molar refractivity (Wildman–Crippen MR) is 101 cm³/mol. The van der Waals surface area contributed by atoms with Gasteiger partial charge < -0.3 is 15.7 Å². The molecule has 1 aliphatic rings. The number of fused-ring (bicyclic) bond motifs is 1. The number of nitrogens with zero attached hydrogens (tertiary/aromatic N) is 2. The number of urea groups is 1. The first-order valence-electron chi connectivity index (χ1n) is 8.98. The zero-order valence-electron chi connectivity index (χ0n) is 14.4. The van der Waals surface area contributed by atoms with Gasteiger partial charge >= 0.3 is 6.03 Å². The minimum Gasteiger partial charge on any atom is -0.393 e. The summed E-state index contributed by atoms with van der Waals surface area (Å²) in [5.41, 5.74) is 2.72. The molecule has 1 aliphatic carbocycles. The number of hydrogen-bond acceptors (Lipinski definition) is 3. The fourth-order valence-electron chi connectivity index (χ4n) is 3.44. The SMILES string of the molecule is O=C(Nc1ccc(-n2ncc3ccccc32)cc1)NC1CCC(O)CC1. The summed E-state index contributed by atoms with van der Waals surface area (Å²) in [7, 11) is 0. The van der Waals surface area contributed by atoms with Crippen LogP contribution >= 0.6 is 0 Å². The molecule has 134 valence electrons. The first-order valence-corrected chi connectivity index (χ1v) is 8.98. The Bertz CT molecular complexity index is 896. The standard InChI is InChI=1S/C20H22N4O2/c25-18-11-7-16(8-12-18)23-20(26)22-15-5-9-17(10-6-15)24-19-4-2-1-3-14(19)13-21-24/h1-6,9-10,13,16,18,25H,7-8,11-12H2,(H2,22,23,26). The number of carbonyl (C=O) groups excluding carboxylic acids is 1. The molecule has 0 aliphatic heterocycles. The lowest BCUT2D eigenvalue weighted by Crippen LogP contribution is -2.40. The van der Waals surface area contributed by atoms with Gasteiger partial charge in [-0.3, -0.25) is 0 Å². The van der Waals surface area contributed by atoms with Gasteiger partial charge in [0.25, 0.3) is 0 Å². The van der Waals surface area contributed by atoms with Crippen LogP contribution in [0, 0.1) is 0 Å². The molecular weight excluding hydrogens is 328 g/mol. The Labute approximate surface area is 151 Å². The minimum absolute atomic E-state index is 0.133. The summed E-state index contributed by atoms with van der Waals surface area (Å²) in [5.74, 6) is 0. The summed E-state index contributed by atoms with van der Waals surface area (Å²) in [5, 5.41) is 20.9. The van der Waals surface area contributed by atoms with E-state index in [2.05, 4.69) is 15.7 Å². The van der Waals surface area contributed by atoms with Crippen molar-refractivity contribution in [2.24, 2.45) is 0 Å². The number of benzene rings is 2. The van der Waals surface area contributed by atoms with Gasteiger partial charge in [0.1, 0.15) is 0 Å². The lowest BCUT2D eigenvalue weighted by Gasteiger charge is -2.26. The Hall–Kier alpha value is -2.86. The first-order chi connectivity index (χ1) is 12.7. The highest BCUT2D eigenvalue weighted by molar-refractivity contribution is 5.89. The molecule has 0 bridgehead atoms. The molecule has 1 heterocycles. The highest BCUT2D eigenvalue weighted by atomic mass is 16.3. The lowest BCUT2D eigenvalue weighted by atomic mass is 9.93. The molecule has 2 aromatic carbocycles. The molecule has 0 unspecified atom stereocenters. The second-order valence-corrected chi connectivity index (χ2v) is 6.77. The van der Waals surface area contributed by atoms with Crippen molar-refractivity contribution in [1.82, 2.24) is 15.1 Å². The van der Waals surface area contributed by atoms with Crippen LogP contribution in [0.4, 0.5) is 10.5 Å². The molecule has 6 nitrogen and oxygen atoms in total. The Balaban J connectivity index is 1.41. The van der Waals surface area contributed by atoms with Crippen molar-refractivity contribution in [1.29, 1.82) is 0 Å². The number of carbonyl (C=O) groups is 1. The van der Waals surface area contributed by atoms with Gasteiger partial charge in [-0.05, 0) is 56.0 Å². The maximum atomic E-state index is 12.1. The van der Waals surface area contributed by atoms with Crippen molar-refractivity contribution >= 4 is 22.6 Å². The molecule has 1 aromatic heterocycles. The third kappa shape index (κ3) is 3.55. The van der Waals surface area contributed by atoms with Crippen LogP contribution in [0.25, 0.3) is 16.6 Å². The molecule has 3 aromatic rings. The fourth-order valence-corrected chi connectivity index (χ4v) is 3.44. The third-order valence-electron chi connectivity index (χ3n) is 4.88. The van der Waals surface area contributed by atoms with Crippen molar-refractivity contribution in [3.63, 3.8) is 0 Å². The van der Waals surface area contributed by atoms with Gasteiger partial charge in [-0.2, -0.15) is 5.10 Å². The Kier molecular flexibility index (Phi) is 4.58. The molecule has 6 heteroatoms. The number of hydrogen-bond donors (Lipinski definition) is 3. The van der Waals surface area contributed by atoms with Crippen molar-refractivity contribution in [2.75, 3.05) is 5.32 Å². The summed E-state index contributed by atoms with van der Waals surface area (Å²) in [6.07, 6.45) is 4.76. The van der Waals surface area contributed by atoms with E-state index < -0.39 is 0 Å². The van der Waals surface area contributed by atoms with E-state index in [1.807, 2.05) is 59.4 Å². The van der Waals surface area contributed by atoms with E-state index in [0.29, 0.717) is 0 Å². The monoisotopic (exact) mass is 350 g/mol. The van der Waals surface area contributed by atoms with Crippen LogP contribution in [0.5, 0.6) is 0 Å². The second-order valence-electron chi connectivity index (χ2n) is 6.77. The summed E-state index contributed by atoms with van der Waals surface area (Å²) in [6, 6.07) is 15.6. The molecule has 1 fully saturated rings. The van der Waals surface area contributed by atoms with Gasteiger partial charge in [-0.15, -0.1) is 0 Å². The number of anilines is 1.